The number of carbonyl (C=O) groups is 1. The zero-order valence-corrected chi connectivity index (χ0v) is 8.84. The van der Waals surface area contributed by atoms with Gasteiger partial charge in [-0.15, -0.1) is 5.10 Å². The minimum absolute atomic E-state index is 0.0489. The molecule has 1 heterocycles. The van der Waals surface area contributed by atoms with Crippen LogP contribution in [-0.2, 0) is 0 Å². The number of carbonyl (C=O) groups excluding carboxylic acids is 1. The molecular formula is C9H9N5O3. The Hall–Kier alpha value is -2.64. The lowest BCUT2D eigenvalue weighted by Gasteiger charge is -2.08. The summed E-state index contributed by atoms with van der Waals surface area (Å²) in [4.78, 5) is 11.6. The largest absolute Gasteiger partial charge is 0.503 e. The second-order valence-corrected chi connectivity index (χ2v) is 3.06. The van der Waals surface area contributed by atoms with Crippen LogP contribution in [0.1, 0.15) is 10.6 Å². The molecule has 0 spiro atoms. The maximum absolute atomic E-state index is 11.6. The number of methoxy groups -OCH3 is 1. The lowest BCUT2D eigenvalue weighted by molar-refractivity contribution is 0.101. The highest BCUT2D eigenvalue weighted by Gasteiger charge is 2.14. The second-order valence-electron chi connectivity index (χ2n) is 3.06. The number of amides is 1. The maximum Gasteiger partial charge on any atom is 0.295 e. The number of nitrogens with zero attached hydrogens (tertiary/aromatic N) is 3. The van der Waals surface area contributed by atoms with Crippen LogP contribution in [0, 0.1) is 0 Å². The fourth-order valence-corrected chi connectivity index (χ4v) is 1.22. The van der Waals surface area contributed by atoms with Crippen molar-refractivity contribution >= 4 is 11.6 Å². The SMILES string of the molecule is COc1cccc(NC(=O)c2nnn[nH]2)c1O. The van der Waals surface area contributed by atoms with Crippen LogP contribution in [0.25, 0.3) is 0 Å². The highest BCUT2D eigenvalue weighted by Crippen LogP contribution is 2.33. The molecule has 1 aromatic heterocycles. The summed E-state index contributed by atoms with van der Waals surface area (Å²) in [5.74, 6) is -0.500. The quantitative estimate of drug-likeness (QED) is 0.653. The molecule has 8 heteroatoms. The van der Waals surface area contributed by atoms with Crippen molar-refractivity contribution < 1.29 is 14.6 Å². The number of phenolic OH excluding ortho intramolecular Hbond substituents is 1. The minimum Gasteiger partial charge on any atom is -0.503 e. The molecule has 0 atom stereocenters. The van der Waals surface area contributed by atoms with E-state index in [-0.39, 0.29) is 23.0 Å². The van der Waals surface area contributed by atoms with E-state index in [0.29, 0.717) is 0 Å². The molecule has 0 aliphatic heterocycles. The third kappa shape index (κ3) is 2.14. The third-order valence-corrected chi connectivity index (χ3v) is 2.03. The molecule has 0 aliphatic rings. The van der Waals surface area contributed by atoms with Gasteiger partial charge in [0.2, 0.25) is 5.82 Å². The number of phenols is 1. The molecule has 8 nitrogen and oxygen atoms in total. The number of ether oxygens (including phenoxy) is 1. The molecule has 3 N–H and O–H groups in total. The van der Waals surface area contributed by atoms with E-state index in [9.17, 15) is 9.90 Å². The Kier molecular flexibility index (Phi) is 2.86. The number of nitrogens with one attached hydrogen (secondary N) is 2. The fraction of sp³-hybridized carbons (Fsp3) is 0.111. The summed E-state index contributed by atoms with van der Waals surface area (Å²) in [6.45, 7) is 0. The Bertz CT molecular complexity index is 525. The first kappa shape index (κ1) is 10.9. The number of aromatic hydroxyl groups is 1. The molecule has 0 radical (unpaired) electrons. The normalized spacial score (nSPS) is 9.94. The van der Waals surface area contributed by atoms with Gasteiger partial charge in [-0.2, -0.15) is 0 Å². The van der Waals surface area contributed by atoms with Gasteiger partial charge in [-0.3, -0.25) is 4.79 Å². The van der Waals surface area contributed by atoms with Gasteiger partial charge < -0.3 is 15.2 Å². The number of H-pyrrole nitrogens is 1. The Morgan fingerprint density at radius 1 is 1.53 bits per heavy atom. The summed E-state index contributed by atoms with van der Waals surface area (Å²) in [6.07, 6.45) is 0. The molecular weight excluding hydrogens is 226 g/mol. The molecule has 0 saturated carbocycles. The maximum atomic E-state index is 11.6. The van der Waals surface area contributed by atoms with Gasteiger partial charge in [-0.25, -0.2) is 5.10 Å². The van der Waals surface area contributed by atoms with Crippen molar-refractivity contribution in [2.75, 3.05) is 12.4 Å². The van der Waals surface area contributed by atoms with Gasteiger partial charge in [0.05, 0.1) is 12.8 Å². The summed E-state index contributed by atoms with van der Waals surface area (Å²) in [5.41, 5.74) is 0.214. The smallest absolute Gasteiger partial charge is 0.295 e. The molecule has 0 unspecified atom stereocenters. The molecule has 0 fully saturated rings. The number of para-hydroxylation sites is 1. The summed E-state index contributed by atoms with van der Waals surface area (Å²) in [6, 6.07) is 4.73. The summed E-state index contributed by atoms with van der Waals surface area (Å²) in [7, 11) is 1.42. The van der Waals surface area contributed by atoms with Crippen LogP contribution in [0.3, 0.4) is 0 Å². The average molecular weight is 235 g/mol. The van der Waals surface area contributed by atoms with Gasteiger partial charge in [0.15, 0.2) is 11.5 Å². The molecule has 17 heavy (non-hydrogen) atoms. The van der Waals surface area contributed by atoms with Crippen molar-refractivity contribution in [1.29, 1.82) is 0 Å². The van der Waals surface area contributed by atoms with E-state index >= 15 is 0 Å². The number of anilines is 1. The van der Waals surface area contributed by atoms with Crippen molar-refractivity contribution in [3.8, 4) is 11.5 Å². The fourth-order valence-electron chi connectivity index (χ4n) is 1.22. The Morgan fingerprint density at radius 2 is 2.35 bits per heavy atom. The molecule has 88 valence electrons. The van der Waals surface area contributed by atoms with Crippen LogP contribution >= 0.6 is 0 Å². The molecule has 1 amide bonds. The van der Waals surface area contributed by atoms with Crippen molar-refractivity contribution in [2.24, 2.45) is 0 Å². The zero-order valence-electron chi connectivity index (χ0n) is 8.84. The molecule has 0 bridgehead atoms. The summed E-state index contributed by atoms with van der Waals surface area (Å²) >= 11 is 0. The Balaban J connectivity index is 2.22. The van der Waals surface area contributed by atoms with E-state index in [1.54, 1.807) is 12.1 Å². The van der Waals surface area contributed by atoms with Crippen molar-refractivity contribution in [3.05, 3.63) is 24.0 Å². The molecule has 0 aliphatic carbocycles. The number of hydrogen-bond donors (Lipinski definition) is 3. The first-order chi connectivity index (χ1) is 8.22. The lowest BCUT2D eigenvalue weighted by atomic mass is 10.2. The predicted octanol–water partition coefficient (Wildman–Crippen LogP) is 0.166. The standard InChI is InChI=1S/C9H9N5O3/c1-17-6-4-2-3-5(7(6)15)10-9(16)8-11-13-14-12-8/h2-4,15H,1H3,(H,10,16)(H,11,12,13,14). The molecule has 2 aromatic rings. The van der Waals surface area contributed by atoms with E-state index in [1.807, 2.05) is 0 Å². The third-order valence-electron chi connectivity index (χ3n) is 2.03. The van der Waals surface area contributed by atoms with E-state index in [4.69, 9.17) is 4.74 Å². The van der Waals surface area contributed by atoms with Crippen LogP contribution < -0.4 is 10.1 Å². The lowest BCUT2D eigenvalue weighted by Crippen LogP contribution is -2.14. The molecule has 1 aromatic carbocycles. The van der Waals surface area contributed by atoms with Crippen LogP contribution in [0.2, 0.25) is 0 Å². The van der Waals surface area contributed by atoms with E-state index < -0.39 is 5.91 Å². The zero-order chi connectivity index (χ0) is 12.3. The number of benzene rings is 1. The van der Waals surface area contributed by atoms with Gasteiger partial charge in [0.1, 0.15) is 0 Å². The monoisotopic (exact) mass is 235 g/mol. The number of aromatic amines is 1. The van der Waals surface area contributed by atoms with Gasteiger partial charge in [-0.1, -0.05) is 6.07 Å². The van der Waals surface area contributed by atoms with Gasteiger partial charge >= 0.3 is 0 Å². The van der Waals surface area contributed by atoms with Crippen LogP contribution in [0.5, 0.6) is 11.5 Å². The average Bonchev–Trinajstić information content (AvgIpc) is 2.85. The summed E-state index contributed by atoms with van der Waals surface area (Å²) < 4.78 is 4.91. The first-order valence-electron chi connectivity index (χ1n) is 4.63. The van der Waals surface area contributed by atoms with E-state index in [1.165, 1.54) is 13.2 Å². The van der Waals surface area contributed by atoms with Crippen molar-refractivity contribution in [3.63, 3.8) is 0 Å². The van der Waals surface area contributed by atoms with E-state index in [0.717, 1.165) is 0 Å². The Labute approximate surface area is 95.6 Å². The Morgan fingerprint density at radius 3 is 3.00 bits per heavy atom. The van der Waals surface area contributed by atoms with Gasteiger partial charge in [0, 0.05) is 0 Å². The van der Waals surface area contributed by atoms with Crippen molar-refractivity contribution in [2.45, 2.75) is 0 Å². The van der Waals surface area contributed by atoms with Gasteiger partial charge in [-0.05, 0) is 22.6 Å². The highest BCUT2D eigenvalue weighted by atomic mass is 16.5. The highest BCUT2D eigenvalue weighted by molar-refractivity contribution is 6.02. The first-order valence-corrected chi connectivity index (χ1v) is 4.63. The van der Waals surface area contributed by atoms with Crippen LogP contribution in [0.4, 0.5) is 5.69 Å². The van der Waals surface area contributed by atoms with Crippen LogP contribution in [0.15, 0.2) is 18.2 Å². The minimum atomic E-state index is -0.557. The summed E-state index contributed by atoms with van der Waals surface area (Å²) in [5, 5.41) is 24.5. The topological polar surface area (TPSA) is 113 Å². The predicted molar refractivity (Wildman–Crippen MR) is 56.8 cm³/mol. The molecule has 2 rings (SSSR count). The van der Waals surface area contributed by atoms with E-state index in [2.05, 4.69) is 25.9 Å². The second kappa shape index (κ2) is 4.47. The molecule has 0 saturated heterocycles. The van der Waals surface area contributed by atoms with Crippen molar-refractivity contribution in [1.82, 2.24) is 20.6 Å². The number of aromatic nitrogens is 4. The number of tetrazole rings is 1. The number of hydrogen-bond acceptors (Lipinski definition) is 6. The van der Waals surface area contributed by atoms with Crippen LogP contribution in [-0.4, -0.2) is 38.7 Å². The van der Waals surface area contributed by atoms with Gasteiger partial charge in [0.25, 0.3) is 5.91 Å². The number of rotatable bonds is 3.